The van der Waals surface area contributed by atoms with Crippen LogP contribution in [0.5, 0.6) is 5.75 Å². The van der Waals surface area contributed by atoms with Crippen LogP contribution in [-0.2, 0) is 0 Å². The van der Waals surface area contributed by atoms with Crippen molar-refractivity contribution >= 4 is 5.91 Å². The summed E-state index contributed by atoms with van der Waals surface area (Å²) in [5.41, 5.74) is 2.23. The highest BCUT2D eigenvalue weighted by molar-refractivity contribution is 5.93. The minimum absolute atomic E-state index is 0.0671. The Hall–Kier alpha value is -2.30. The molecular weight excluding hydrogens is 314 g/mol. The zero-order chi connectivity index (χ0) is 17.4. The van der Waals surface area contributed by atoms with E-state index >= 15 is 0 Å². The molecule has 132 valence electrons. The Morgan fingerprint density at radius 2 is 2.08 bits per heavy atom. The number of H-pyrrole nitrogens is 1. The summed E-state index contributed by atoms with van der Waals surface area (Å²) < 4.78 is 5.17. The number of hydrogen-bond donors (Lipinski definition) is 2. The molecule has 1 aromatic heterocycles. The minimum Gasteiger partial charge on any atom is -0.497 e. The van der Waals surface area contributed by atoms with Gasteiger partial charge in [-0.25, -0.2) is 0 Å². The molecule has 2 bridgehead atoms. The Labute approximate surface area is 148 Å². The molecule has 2 aliphatic carbocycles. The smallest absolute Gasteiger partial charge is 0.269 e. The van der Waals surface area contributed by atoms with E-state index in [9.17, 15) is 4.79 Å². The number of rotatable bonds is 5. The van der Waals surface area contributed by atoms with Gasteiger partial charge in [0.25, 0.3) is 5.91 Å². The van der Waals surface area contributed by atoms with E-state index in [-0.39, 0.29) is 11.9 Å². The molecule has 0 saturated heterocycles. The second-order valence-corrected chi connectivity index (χ2v) is 7.50. The van der Waals surface area contributed by atoms with Crippen LogP contribution in [0.3, 0.4) is 0 Å². The molecule has 4 atom stereocenters. The van der Waals surface area contributed by atoms with Crippen LogP contribution < -0.4 is 10.1 Å². The highest BCUT2D eigenvalue weighted by Crippen LogP contribution is 2.49. The van der Waals surface area contributed by atoms with Gasteiger partial charge in [-0.3, -0.25) is 9.89 Å². The molecule has 4 rings (SSSR count). The van der Waals surface area contributed by atoms with Crippen LogP contribution in [0.2, 0.25) is 0 Å². The molecule has 2 fully saturated rings. The quantitative estimate of drug-likeness (QED) is 0.874. The molecule has 2 N–H and O–H groups in total. The third kappa shape index (κ3) is 3.15. The molecule has 1 amide bonds. The summed E-state index contributed by atoms with van der Waals surface area (Å²) in [6.45, 7) is 2.14. The maximum atomic E-state index is 12.6. The molecule has 0 spiro atoms. The van der Waals surface area contributed by atoms with Crippen molar-refractivity contribution in [3.8, 4) is 17.0 Å². The van der Waals surface area contributed by atoms with E-state index in [0.717, 1.165) is 28.8 Å². The lowest BCUT2D eigenvalue weighted by atomic mass is 9.84. The van der Waals surface area contributed by atoms with Crippen LogP contribution in [0.15, 0.2) is 30.3 Å². The van der Waals surface area contributed by atoms with Crippen LogP contribution in [-0.4, -0.2) is 29.3 Å². The number of methoxy groups -OCH3 is 1. The monoisotopic (exact) mass is 339 g/mol. The maximum absolute atomic E-state index is 12.6. The Morgan fingerprint density at radius 3 is 2.72 bits per heavy atom. The molecule has 25 heavy (non-hydrogen) atoms. The second-order valence-electron chi connectivity index (χ2n) is 7.50. The summed E-state index contributed by atoms with van der Waals surface area (Å²) >= 11 is 0. The molecule has 2 saturated carbocycles. The van der Waals surface area contributed by atoms with Crippen LogP contribution in [0.25, 0.3) is 11.3 Å². The van der Waals surface area contributed by atoms with Crippen molar-refractivity contribution < 1.29 is 9.53 Å². The van der Waals surface area contributed by atoms with Gasteiger partial charge >= 0.3 is 0 Å². The van der Waals surface area contributed by atoms with Gasteiger partial charge in [0.1, 0.15) is 11.4 Å². The highest BCUT2D eigenvalue weighted by atomic mass is 16.5. The minimum atomic E-state index is -0.0671. The largest absolute Gasteiger partial charge is 0.497 e. The van der Waals surface area contributed by atoms with Crippen LogP contribution in [0.4, 0.5) is 0 Å². The van der Waals surface area contributed by atoms with Gasteiger partial charge in [-0.05, 0) is 74.3 Å². The molecule has 4 unspecified atom stereocenters. The van der Waals surface area contributed by atoms with Gasteiger partial charge in [0, 0.05) is 11.6 Å². The van der Waals surface area contributed by atoms with Crippen LogP contribution in [0, 0.1) is 17.8 Å². The van der Waals surface area contributed by atoms with Crippen molar-refractivity contribution in [1.29, 1.82) is 0 Å². The second kappa shape index (κ2) is 6.54. The number of nitrogens with zero attached hydrogens (tertiary/aromatic N) is 1. The molecule has 1 aromatic carbocycles. The standard InChI is InChI=1S/C20H25N3O2/c1-12(17-10-13-3-4-15(17)9-13)21-20(24)19-11-18(22-23-19)14-5-7-16(25-2)8-6-14/h5-8,11-13,15,17H,3-4,9-10H2,1-2H3,(H,21,24)(H,22,23). The SMILES string of the molecule is COc1ccc(-c2cc(C(=O)NC(C)C3CC4CCC3C4)[nH]n2)cc1. The number of hydrogen-bond acceptors (Lipinski definition) is 3. The van der Waals surface area contributed by atoms with Gasteiger partial charge in [0.2, 0.25) is 0 Å². The Morgan fingerprint density at radius 1 is 1.28 bits per heavy atom. The van der Waals surface area contributed by atoms with Gasteiger partial charge in [-0.15, -0.1) is 0 Å². The number of ether oxygens (including phenoxy) is 1. The fourth-order valence-electron chi connectivity index (χ4n) is 4.65. The highest BCUT2D eigenvalue weighted by Gasteiger charge is 2.42. The zero-order valence-corrected chi connectivity index (χ0v) is 14.8. The Bertz CT molecular complexity index is 753. The number of carbonyl (C=O) groups is 1. The Balaban J connectivity index is 1.41. The summed E-state index contributed by atoms with van der Waals surface area (Å²) in [4.78, 5) is 12.6. The molecule has 0 aliphatic heterocycles. The van der Waals surface area contributed by atoms with E-state index in [1.807, 2.05) is 30.3 Å². The number of aromatic nitrogens is 2. The lowest BCUT2D eigenvalue weighted by Gasteiger charge is -2.28. The first kappa shape index (κ1) is 16.2. The number of benzene rings is 1. The first-order valence-electron chi connectivity index (χ1n) is 9.14. The maximum Gasteiger partial charge on any atom is 0.269 e. The average molecular weight is 339 g/mol. The molecule has 5 heteroatoms. The number of fused-ring (bicyclic) bond motifs is 2. The predicted molar refractivity (Wildman–Crippen MR) is 96.4 cm³/mol. The number of nitrogens with one attached hydrogen (secondary N) is 2. The lowest BCUT2D eigenvalue weighted by molar-refractivity contribution is 0.0910. The summed E-state index contributed by atoms with van der Waals surface area (Å²) in [6, 6.07) is 9.69. The third-order valence-electron chi connectivity index (χ3n) is 6.00. The van der Waals surface area contributed by atoms with Gasteiger partial charge in [0.15, 0.2) is 0 Å². The molecular formula is C20H25N3O2. The van der Waals surface area contributed by atoms with E-state index in [4.69, 9.17) is 4.74 Å². The predicted octanol–water partition coefficient (Wildman–Crippen LogP) is 3.64. The van der Waals surface area contributed by atoms with Gasteiger partial charge in [-0.2, -0.15) is 5.10 Å². The van der Waals surface area contributed by atoms with E-state index in [2.05, 4.69) is 22.4 Å². The summed E-state index contributed by atoms with van der Waals surface area (Å²) in [5, 5.41) is 10.3. The fourth-order valence-corrected chi connectivity index (χ4v) is 4.65. The molecule has 2 aliphatic rings. The van der Waals surface area contributed by atoms with Crippen molar-refractivity contribution in [2.75, 3.05) is 7.11 Å². The van der Waals surface area contributed by atoms with Crippen LogP contribution >= 0.6 is 0 Å². The van der Waals surface area contributed by atoms with E-state index in [1.54, 1.807) is 7.11 Å². The summed E-state index contributed by atoms with van der Waals surface area (Å²) in [5.74, 6) is 3.06. The summed E-state index contributed by atoms with van der Waals surface area (Å²) in [7, 11) is 1.64. The van der Waals surface area contributed by atoms with E-state index in [1.165, 1.54) is 25.7 Å². The average Bonchev–Trinajstić information content (AvgIpc) is 3.38. The van der Waals surface area contributed by atoms with Gasteiger partial charge in [-0.1, -0.05) is 6.42 Å². The number of carbonyl (C=O) groups excluding carboxylic acids is 1. The zero-order valence-electron chi connectivity index (χ0n) is 14.8. The van der Waals surface area contributed by atoms with Gasteiger partial charge < -0.3 is 10.1 Å². The number of amides is 1. The molecule has 0 radical (unpaired) electrons. The van der Waals surface area contributed by atoms with Crippen LogP contribution in [0.1, 0.15) is 43.1 Å². The van der Waals surface area contributed by atoms with E-state index in [0.29, 0.717) is 11.6 Å². The van der Waals surface area contributed by atoms with Crippen molar-refractivity contribution in [3.05, 3.63) is 36.0 Å². The van der Waals surface area contributed by atoms with Crippen molar-refractivity contribution in [1.82, 2.24) is 15.5 Å². The normalized spacial score (nSPS) is 25.8. The first-order chi connectivity index (χ1) is 12.1. The lowest BCUT2D eigenvalue weighted by Crippen LogP contribution is -2.40. The topological polar surface area (TPSA) is 67.0 Å². The third-order valence-corrected chi connectivity index (χ3v) is 6.00. The van der Waals surface area contributed by atoms with Gasteiger partial charge in [0.05, 0.1) is 12.8 Å². The molecule has 1 heterocycles. The van der Waals surface area contributed by atoms with Crippen molar-refractivity contribution in [3.63, 3.8) is 0 Å². The van der Waals surface area contributed by atoms with Crippen molar-refractivity contribution in [2.45, 2.75) is 38.6 Å². The van der Waals surface area contributed by atoms with E-state index < -0.39 is 0 Å². The molecule has 5 nitrogen and oxygen atoms in total. The van der Waals surface area contributed by atoms with Crippen molar-refractivity contribution in [2.24, 2.45) is 17.8 Å². The molecule has 2 aromatic rings. The first-order valence-corrected chi connectivity index (χ1v) is 9.14. The Kier molecular flexibility index (Phi) is 4.24. The number of aromatic amines is 1. The summed E-state index contributed by atoms with van der Waals surface area (Å²) in [6.07, 6.45) is 5.34. The fraction of sp³-hybridized carbons (Fsp3) is 0.500.